The van der Waals surface area contributed by atoms with Gasteiger partial charge in [-0.2, -0.15) is 0 Å². The molecule has 0 unspecified atom stereocenters. The van der Waals surface area contributed by atoms with Gasteiger partial charge in [-0.3, -0.25) is 0 Å². The molecule has 0 radical (unpaired) electrons. The molecule has 0 saturated carbocycles. The van der Waals surface area contributed by atoms with Gasteiger partial charge in [0.25, 0.3) is 0 Å². The first-order chi connectivity index (χ1) is 11.8. The molecular formula is C18H18N4OS. The fraction of sp³-hybridized carbons (Fsp3) is 0.111. The van der Waals surface area contributed by atoms with E-state index in [1.54, 1.807) is 18.9 Å². The van der Waals surface area contributed by atoms with Crippen LogP contribution < -0.4 is 10.6 Å². The first-order valence-electron chi connectivity index (χ1n) is 7.47. The number of rotatable bonds is 6. The zero-order valence-electron chi connectivity index (χ0n) is 13.3. The van der Waals surface area contributed by atoms with E-state index in [0.717, 1.165) is 17.1 Å². The minimum Gasteiger partial charge on any atom is -0.497 e. The van der Waals surface area contributed by atoms with Crippen LogP contribution in [-0.4, -0.2) is 27.7 Å². The zero-order chi connectivity index (χ0) is 16.8. The van der Waals surface area contributed by atoms with Crippen LogP contribution in [0.5, 0.6) is 5.75 Å². The molecule has 0 spiro atoms. The van der Waals surface area contributed by atoms with Crippen molar-refractivity contribution in [1.82, 2.24) is 14.9 Å². The number of nitrogens with zero attached hydrogens (tertiary/aromatic N) is 3. The van der Waals surface area contributed by atoms with Gasteiger partial charge in [-0.1, -0.05) is 54.2 Å². The lowest BCUT2D eigenvalue weighted by Crippen LogP contribution is -2.11. The highest BCUT2D eigenvalue weighted by Crippen LogP contribution is 2.23. The Morgan fingerprint density at radius 2 is 1.83 bits per heavy atom. The summed E-state index contributed by atoms with van der Waals surface area (Å²) in [7, 11) is 1.64. The molecule has 2 N–H and O–H groups in total. The maximum absolute atomic E-state index is 6.11. The molecule has 3 rings (SSSR count). The molecular weight excluding hydrogens is 320 g/mol. The Hall–Kier alpha value is -2.73. The topological polar surface area (TPSA) is 66.0 Å². The van der Waals surface area contributed by atoms with Crippen molar-refractivity contribution in [2.24, 2.45) is 0 Å². The fourth-order valence-electron chi connectivity index (χ4n) is 2.18. The van der Waals surface area contributed by atoms with Crippen molar-refractivity contribution < 1.29 is 4.74 Å². The molecule has 122 valence electrons. The summed E-state index contributed by atoms with van der Waals surface area (Å²) in [5.41, 5.74) is 2.07. The van der Waals surface area contributed by atoms with E-state index in [1.807, 2.05) is 42.5 Å². The Bertz CT molecular complexity index is 813. The van der Waals surface area contributed by atoms with Crippen molar-refractivity contribution in [3.05, 3.63) is 66.2 Å². The molecule has 1 heterocycles. The lowest BCUT2D eigenvalue weighted by molar-refractivity contribution is 0.415. The summed E-state index contributed by atoms with van der Waals surface area (Å²) in [5.74, 6) is 8.31. The number of thioether (sulfide) groups is 1. The van der Waals surface area contributed by atoms with E-state index in [9.17, 15) is 0 Å². The maximum atomic E-state index is 6.11. The van der Waals surface area contributed by atoms with Crippen LogP contribution in [0.3, 0.4) is 0 Å². The fourth-order valence-corrected chi connectivity index (χ4v) is 2.85. The van der Waals surface area contributed by atoms with E-state index < -0.39 is 0 Å². The van der Waals surface area contributed by atoms with Gasteiger partial charge in [0.05, 0.1) is 7.11 Å². The SMILES string of the molecule is COc1ccc(-c2nnc(SC/C=C/c3ccccc3)n2N)cc1. The molecule has 5 nitrogen and oxygen atoms in total. The number of hydrogen-bond acceptors (Lipinski definition) is 5. The molecule has 0 aliphatic heterocycles. The number of ether oxygens (including phenoxy) is 1. The van der Waals surface area contributed by atoms with E-state index in [-0.39, 0.29) is 0 Å². The Labute approximate surface area is 145 Å². The van der Waals surface area contributed by atoms with Crippen LogP contribution in [0, 0.1) is 0 Å². The highest BCUT2D eigenvalue weighted by molar-refractivity contribution is 7.99. The van der Waals surface area contributed by atoms with E-state index in [2.05, 4.69) is 34.5 Å². The monoisotopic (exact) mass is 338 g/mol. The van der Waals surface area contributed by atoms with Crippen molar-refractivity contribution >= 4 is 17.8 Å². The van der Waals surface area contributed by atoms with Crippen molar-refractivity contribution in [2.45, 2.75) is 5.16 Å². The average Bonchev–Trinajstić information content (AvgIpc) is 3.00. The normalized spacial score (nSPS) is 11.0. The second kappa shape index (κ2) is 7.70. The van der Waals surface area contributed by atoms with Gasteiger partial charge in [-0.25, -0.2) is 4.68 Å². The Kier molecular flexibility index (Phi) is 5.18. The molecule has 0 bridgehead atoms. The lowest BCUT2D eigenvalue weighted by Gasteiger charge is -2.04. The zero-order valence-corrected chi connectivity index (χ0v) is 14.1. The highest BCUT2D eigenvalue weighted by Gasteiger charge is 2.11. The highest BCUT2D eigenvalue weighted by atomic mass is 32.2. The van der Waals surface area contributed by atoms with Crippen molar-refractivity contribution in [3.8, 4) is 17.1 Å². The van der Waals surface area contributed by atoms with Crippen LogP contribution >= 0.6 is 11.8 Å². The first-order valence-corrected chi connectivity index (χ1v) is 8.46. The third-order valence-corrected chi connectivity index (χ3v) is 4.33. The van der Waals surface area contributed by atoms with Gasteiger partial charge in [-0.05, 0) is 29.8 Å². The minimum absolute atomic E-state index is 0.632. The third kappa shape index (κ3) is 3.78. The van der Waals surface area contributed by atoms with Gasteiger partial charge in [0.1, 0.15) is 5.75 Å². The molecule has 2 aromatic carbocycles. The smallest absolute Gasteiger partial charge is 0.210 e. The number of hydrogen-bond donors (Lipinski definition) is 1. The van der Waals surface area contributed by atoms with E-state index in [4.69, 9.17) is 10.6 Å². The molecule has 0 amide bonds. The summed E-state index contributed by atoms with van der Waals surface area (Å²) < 4.78 is 6.67. The van der Waals surface area contributed by atoms with Crippen LogP contribution in [0.15, 0.2) is 65.8 Å². The van der Waals surface area contributed by atoms with Gasteiger partial charge in [-0.15, -0.1) is 10.2 Å². The molecule has 1 aromatic heterocycles. The third-order valence-electron chi connectivity index (χ3n) is 3.43. The van der Waals surface area contributed by atoms with E-state index in [0.29, 0.717) is 11.0 Å². The molecule has 3 aromatic rings. The van der Waals surface area contributed by atoms with Gasteiger partial charge in [0.2, 0.25) is 5.16 Å². The van der Waals surface area contributed by atoms with Gasteiger partial charge >= 0.3 is 0 Å². The standard InChI is InChI=1S/C18H18N4OS/c1-23-16-11-9-15(10-12-16)17-20-21-18(22(17)19)24-13-5-8-14-6-3-2-4-7-14/h2-12H,13,19H2,1H3/b8-5+. The Balaban J connectivity index is 1.65. The molecule has 0 aliphatic rings. The minimum atomic E-state index is 0.632. The second-order valence-corrected chi connectivity index (χ2v) is 6.02. The number of nitrogen functional groups attached to an aromatic ring is 1. The molecule has 0 atom stereocenters. The van der Waals surface area contributed by atoms with E-state index in [1.165, 1.54) is 10.2 Å². The average molecular weight is 338 g/mol. The van der Waals surface area contributed by atoms with Crippen molar-refractivity contribution in [1.29, 1.82) is 0 Å². The quantitative estimate of drug-likeness (QED) is 0.551. The summed E-state index contributed by atoms with van der Waals surface area (Å²) >= 11 is 1.54. The van der Waals surface area contributed by atoms with Crippen LogP contribution in [0.25, 0.3) is 17.5 Å². The van der Waals surface area contributed by atoms with Crippen molar-refractivity contribution in [2.75, 3.05) is 18.7 Å². The van der Waals surface area contributed by atoms with Crippen molar-refractivity contribution in [3.63, 3.8) is 0 Å². The molecule has 24 heavy (non-hydrogen) atoms. The summed E-state index contributed by atoms with van der Waals surface area (Å²) in [6, 6.07) is 17.7. The molecule has 0 fully saturated rings. The Morgan fingerprint density at radius 3 is 2.54 bits per heavy atom. The second-order valence-electron chi connectivity index (χ2n) is 5.03. The van der Waals surface area contributed by atoms with Gasteiger partial charge in [0.15, 0.2) is 5.82 Å². The lowest BCUT2D eigenvalue weighted by atomic mass is 10.2. The van der Waals surface area contributed by atoms with Crippen LogP contribution in [-0.2, 0) is 0 Å². The number of benzene rings is 2. The van der Waals surface area contributed by atoms with E-state index >= 15 is 0 Å². The van der Waals surface area contributed by atoms with Crippen LogP contribution in [0.1, 0.15) is 5.56 Å². The first kappa shape index (κ1) is 16.1. The summed E-state index contributed by atoms with van der Waals surface area (Å²) in [5, 5.41) is 9.02. The Morgan fingerprint density at radius 1 is 1.08 bits per heavy atom. The predicted molar refractivity (Wildman–Crippen MR) is 98.4 cm³/mol. The number of nitrogens with two attached hydrogens (primary N) is 1. The largest absolute Gasteiger partial charge is 0.497 e. The summed E-state index contributed by atoms with van der Waals surface area (Å²) in [4.78, 5) is 0. The van der Waals surface area contributed by atoms with Crippen LogP contribution in [0.4, 0.5) is 0 Å². The van der Waals surface area contributed by atoms with Gasteiger partial charge < -0.3 is 10.6 Å². The summed E-state index contributed by atoms with van der Waals surface area (Å²) in [6.07, 6.45) is 4.16. The molecule has 0 aliphatic carbocycles. The predicted octanol–water partition coefficient (Wildman–Crippen LogP) is 3.47. The number of methoxy groups -OCH3 is 1. The summed E-state index contributed by atoms with van der Waals surface area (Å²) in [6.45, 7) is 0. The van der Waals surface area contributed by atoms with Gasteiger partial charge in [0, 0.05) is 11.3 Å². The number of aromatic nitrogens is 3. The molecule has 6 heteroatoms. The molecule has 0 saturated heterocycles. The van der Waals surface area contributed by atoms with Crippen LogP contribution in [0.2, 0.25) is 0 Å². The maximum Gasteiger partial charge on any atom is 0.210 e.